The van der Waals surface area contributed by atoms with Crippen molar-refractivity contribution in [3.8, 4) is 0 Å². The van der Waals surface area contributed by atoms with E-state index in [4.69, 9.17) is 15.2 Å². The molecule has 5 nitrogen and oxygen atoms in total. The molecule has 1 rings (SSSR count). The minimum absolute atomic E-state index is 0.0243. The molecule has 0 radical (unpaired) electrons. The van der Waals surface area contributed by atoms with Gasteiger partial charge in [0.2, 0.25) is 0 Å². The number of carbonyl (C=O) groups excluding carboxylic acids is 1. The fourth-order valence-electron chi connectivity index (χ4n) is 1.55. The lowest BCUT2D eigenvalue weighted by atomic mass is 10.1. The second-order valence-electron chi connectivity index (χ2n) is 4.18. The van der Waals surface area contributed by atoms with Gasteiger partial charge in [-0.15, -0.1) is 0 Å². The standard InChI is InChI=1S/C10H20N2O3/c1-10(2,14-3)9(13)12-4-5-15-7-8(12)6-11/h8H,4-7,11H2,1-3H3. The highest BCUT2D eigenvalue weighted by molar-refractivity contribution is 5.84. The Balaban J connectivity index is 2.72. The molecule has 0 aromatic heterocycles. The Bertz CT molecular complexity index is 231. The van der Waals surface area contributed by atoms with Crippen molar-refractivity contribution in [1.82, 2.24) is 4.90 Å². The maximum atomic E-state index is 12.1. The first-order valence-corrected chi connectivity index (χ1v) is 5.17. The number of methoxy groups -OCH3 is 1. The summed E-state index contributed by atoms with van der Waals surface area (Å²) in [6.07, 6.45) is 0. The summed E-state index contributed by atoms with van der Waals surface area (Å²) in [4.78, 5) is 13.9. The van der Waals surface area contributed by atoms with Crippen molar-refractivity contribution in [1.29, 1.82) is 0 Å². The van der Waals surface area contributed by atoms with Gasteiger partial charge in [0.25, 0.3) is 5.91 Å². The van der Waals surface area contributed by atoms with E-state index in [-0.39, 0.29) is 11.9 Å². The molecule has 88 valence electrons. The summed E-state index contributed by atoms with van der Waals surface area (Å²) in [6.45, 7) is 5.62. The van der Waals surface area contributed by atoms with Crippen LogP contribution in [0.25, 0.3) is 0 Å². The van der Waals surface area contributed by atoms with Crippen molar-refractivity contribution in [2.75, 3.05) is 33.4 Å². The Hall–Kier alpha value is -0.650. The van der Waals surface area contributed by atoms with Crippen LogP contribution in [0.2, 0.25) is 0 Å². The molecule has 1 amide bonds. The van der Waals surface area contributed by atoms with Gasteiger partial charge in [-0.05, 0) is 13.8 Å². The predicted octanol–water partition coefficient (Wildman–Crippen LogP) is -0.402. The van der Waals surface area contributed by atoms with E-state index in [9.17, 15) is 4.79 Å². The second-order valence-corrected chi connectivity index (χ2v) is 4.18. The Morgan fingerprint density at radius 2 is 2.33 bits per heavy atom. The molecule has 1 fully saturated rings. The van der Waals surface area contributed by atoms with Gasteiger partial charge in [-0.25, -0.2) is 0 Å². The third-order valence-electron chi connectivity index (χ3n) is 2.79. The van der Waals surface area contributed by atoms with Gasteiger partial charge >= 0.3 is 0 Å². The zero-order valence-electron chi connectivity index (χ0n) is 9.66. The fraction of sp³-hybridized carbons (Fsp3) is 0.900. The molecule has 2 N–H and O–H groups in total. The highest BCUT2D eigenvalue weighted by atomic mass is 16.5. The molecule has 1 atom stereocenters. The Labute approximate surface area is 90.5 Å². The van der Waals surface area contributed by atoms with Crippen LogP contribution in [0.5, 0.6) is 0 Å². The Morgan fingerprint density at radius 3 is 2.87 bits per heavy atom. The number of ether oxygens (including phenoxy) is 2. The monoisotopic (exact) mass is 216 g/mol. The second kappa shape index (κ2) is 4.92. The van der Waals surface area contributed by atoms with Crippen LogP contribution in [0.1, 0.15) is 13.8 Å². The molecule has 0 bridgehead atoms. The van der Waals surface area contributed by atoms with Gasteiger partial charge in [-0.1, -0.05) is 0 Å². The average molecular weight is 216 g/mol. The maximum Gasteiger partial charge on any atom is 0.254 e. The van der Waals surface area contributed by atoms with Crippen molar-refractivity contribution in [2.45, 2.75) is 25.5 Å². The summed E-state index contributed by atoms with van der Waals surface area (Å²) in [5.74, 6) is -0.0243. The third-order valence-corrected chi connectivity index (χ3v) is 2.79. The predicted molar refractivity (Wildman–Crippen MR) is 56.5 cm³/mol. The van der Waals surface area contributed by atoms with Crippen LogP contribution in [-0.2, 0) is 14.3 Å². The molecule has 0 aliphatic carbocycles. The van der Waals surface area contributed by atoms with Crippen LogP contribution in [0, 0.1) is 0 Å². The van der Waals surface area contributed by atoms with Crippen LogP contribution in [0.15, 0.2) is 0 Å². The lowest BCUT2D eigenvalue weighted by Crippen LogP contribution is -2.57. The normalized spacial score (nSPS) is 22.9. The molecule has 1 aliphatic heterocycles. The van der Waals surface area contributed by atoms with E-state index >= 15 is 0 Å². The summed E-state index contributed by atoms with van der Waals surface area (Å²) < 4.78 is 10.5. The van der Waals surface area contributed by atoms with E-state index < -0.39 is 5.60 Å². The summed E-state index contributed by atoms with van der Waals surface area (Å²) in [6, 6.07) is -0.0272. The zero-order valence-corrected chi connectivity index (χ0v) is 9.66. The van der Waals surface area contributed by atoms with Crippen molar-refractivity contribution < 1.29 is 14.3 Å². The van der Waals surface area contributed by atoms with Crippen LogP contribution in [0.4, 0.5) is 0 Å². The first-order chi connectivity index (χ1) is 7.03. The van der Waals surface area contributed by atoms with Crippen molar-refractivity contribution in [2.24, 2.45) is 5.73 Å². The molecule has 5 heteroatoms. The van der Waals surface area contributed by atoms with Gasteiger partial charge in [-0.2, -0.15) is 0 Å². The molecular weight excluding hydrogens is 196 g/mol. The molecule has 15 heavy (non-hydrogen) atoms. The molecule has 1 saturated heterocycles. The number of morpholine rings is 1. The molecular formula is C10H20N2O3. The largest absolute Gasteiger partial charge is 0.377 e. The minimum atomic E-state index is -0.787. The number of rotatable bonds is 3. The van der Waals surface area contributed by atoms with Gasteiger partial charge in [0.15, 0.2) is 0 Å². The van der Waals surface area contributed by atoms with E-state index in [1.165, 1.54) is 7.11 Å². The van der Waals surface area contributed by atoms with Crippen LogP contribution in [0.3, 0.4) is 0 Å². The highest BCUT2D eigenvalue weighted by Crippen LogP contribution is 2.16. The van der Waals surface area contributed by atoms with Gasteiger partial charge in [0.1, 0.15) is 5.60 Å². The van der Waals surface area contributed by atoms with Crippen molar-refractivity contribution in [3.05, 3.63) is 0 Å². The molecule has 1 unspecified atom stereocenters. The smallest absolute Gasteiger partial charge is 0.254 e. The molecule has 0 aromatic rings. The lowest BCUT2D eigenvalue weighted by molar-refractivity contribution is -0.159. The molecule has 1 aliphatic rings. The van der Waals surface area contributed by atoms with Gasteiger partial charge in [0, 0.05) is 20.2 Å². The van der Waals surface area contributed by atoms with E-state index in [1.807, 2.05) is 0 Å². The zero-order chi connectivity index (χ0) is 11.5. The average Bonchev–Trinajstić information content (AvgIpc) is 2.28. The van der Waals surface area contributed by atoms with Crippen molar-refractivity contribution >= 4 is 5.91 Å². The first kappa shape index (κ1) is 12.4. The SMILES string of the molecule is COC(C)(C)C(=O)N1CCOCC1CN. The van der Waals surface area contributed by atoms with E-state index in [1.54, 1.807) is 18.7 Å². The topological polar surface area (TPSA) is 64.8 Å². The van der Waals surface area contributed by atoms with E-state index in [0.717, 1.165) is 0 Å². The Kier molecular flexibility index (Phi) is 4.07. The molecule has 1 heterocycles. The Morgan fingerprint density at radius 1 is 1.67 bits per heavy atom. The number of hydrogen-bond donors (Lipinski definition) is 1. The number of hydrogen-bond acceptors (Lipinski definition) is 4. The number of nitrogens with two attached hydrogens (primary N) is 1. The van der Waals surface area contributed by atoms with Crippen LogP contribution >= 0.6 is 0 Å². The molecule has 0 aromatic carbocycles. The first-order valence-electron chi connectivity index (χ1n) is 5.17. The number of nitrogens with zero attached hydrogens (tertiary/aromatic N) is 1. The maximum absolute atomic E-state index is 12.1. The lowest BCUT2D eigenvalue weighted by Gasteiger charge is -2.39. The summed E-state index contributed by atoms with van der Waals surface area (Å²) in [7, 11) is 1.54. The number of carbonyl (C=O) groups is 1. The van der Waals surface area contributed by atoms with Crippen molar-refractivity contribution in [3.63, 3.8) is 0 Å². The van der Waals surface area contributed by atoms with E-state index in [0.29, 0.717) is 26.3 Å². The fourth-order valence-corrected chi connectivity index (χ4v) is 1.55. The van der Waals surface area contributed by atoms with Crippen LogP contribution < -0.4 is 5.73 Å². The minimum Gasteiger partial charge on any atom is -0.377 e. The summed E-state index contributed by atoms with van der Waals surface area (Å²) >= 11 is 0. The van der Waals surface area contributed by atoms with E-state index in [2.05, 4.69) is 0 Å². The number of amides is 1. The quantitative estimate of drug-likeness (QED) is 0.697. The third kappa shape index (κ3) is 2.68. The summed E-state index contributed by atoms with van der Waals surface area (Å²) in [5.41, 5.74) is 4.81. The van der Waals surface area contributed by atoms with Crippen LogP contribution in [-0.4, -0.2) is 55.9 Å². The summed E-state index contributed by atoms with van der Waals surface area (Å²) in [5, 5.41) is 0. The van der Waals surface area contributed by atoms with Gasteiger partial charge < -0.3 is 20.1 Å². The van der Waals surface area contributed by atoms with Gasteiger partial charge in [0.05, 0.1) is 19.3 Å². The van der Waals surface area contributed by atoms with Gasteiger partial charge in [-0.3, -0.25) is 4.79 Å². The highest BCUT2D eigenvalue weighted by Gasteiger charge is 2.36. The molecule has 0 saturated carbocycles. The molecule has 0 spiro atoms.